The third kappa shape index (κ3) is 0.924. The van der Waals surface area contributed by atoms with Crippen molar-refractivity contribution in [2.75, 3.05) is 7.11 Å². The highest BCUT2D eigenvalue weighted by atomic mass is 32.1. The fraction of sp³-hybridized carbons (Fsp3) is 0.200. The highest BCUT2D eigenvalue weighted by Gasteiger charge is 1.93. The molecule has 3 heteroatoms. The average Bonchev–Trinajstić information content (AvgIpc) is 2.14. The highest BCUT2D eigenvalue weighted by molar-refractivity contribution is 7.12. The molecule has 0 saturated heterocycles. The van der Waals surface area contributed by atoms with Crippen molar-refractivity contribution in [2.45, 2.75) is 0 Å². The Labute approximate surface area is 51.3 Å². The minimum atomic E-state index is 0.270. The molecule has 1 N–H and O–H groups in total. The van der Waals surface area contributed by atoms with Gasteiger partial charge in [-0.2, -0.15) is 0 Å². The van der Waals surface area contributed by atoms with Gasteiger partial charge in [-0.05, 0) is 0 Å². The fourth-order valence-corrected chi connectivity index (χ4v) is 1.00. The molecule has 8 heavy (non-hydrogen) atoms. The van der Waals surface area contributed by atoms with Crippen LogP contribution in [-0.2, 0) is 0 Å². The first kappa shape index (κ1) is 5.44. The first-order valence-electron chi connectivity index (χ1n) is 2.14. The van der Waals surface area contributed by atoms with Crippen molar-refractivity contribution in [1.29, 1.82) is 0 Å². The topological polar surface area (TPSA) is 29.5 Å². The molecule has 0 radical (unpaired) electrons. The second kappa shape index (κ2) is 2.05. The van der Waals surface area contributed by atoms with Crippen LogP contribution in [0.5, 0.6) is 10.8 Å². The third-order valence-electron chi connectivity index (χ3n) is 0.763. The third-order valence-corrected chi connectivity index (χ3v) is 1.64. The van der Waals surface area contributed by atoms with Gasteiger partial charge in [0.2, 0.25) is 0 Å². The number of methoxy groups -OCH3 is 1. The van der Waals surface area contributed by atoms with Crippen molar-refractivity contribution >= 4 is 11.3 Å². The molecule has 0 spiro atoms. The summed E-state index contributed by atoms with van der Waals surface area (Å²) in [7, 11) is 1.57. The Bertz CT molecular complexity index is 171. The molecule has 0 fully saturated rings. The molecular weight excluding hydrogens is 124 g/mol. The molecule has 1 aromatic rings. The van der Waals surface area contributed by atoms with Gasteiger partial charge in [0.15, 0.2) is 5.06 Å². The van der Waals surface area contributed by atoms with Gasteiger partial charge >= 0.3 is 0 Å². The van der Waals surface area contributed by atoms with Gasteiger partial charge in [-0.1, -0.05) is 0 Å². The minimum Gasteiger partial charge on any atom is -0.507 e. The molecule has 0 unspecified atom stereocenters. The lowest BCUT2D eigenvalue weighted by Crippen LogP contribution is -1.73. The number of hydrogen-bond donors (Lipinski definition) is 1. The van der Waals surface area contributed by atoms with Crippen LogP contribution in [0.15, 0.2) is 11.4 Å². The van der Waals surface area contributed by atoms with Crippen LogP contribution >= 0.6 is 11.3 Å². The normalized spacial score (nSPS) is 9.12. The summed E-state index contributed by atoms with van der Waals surface area (Å²) >= 11 is 1.38. The van der Waals surface area contributed by atoms with Gasteiger partial charge in [0.05, 0.1) is 7.11 Å². The van der Waals surface area contributed by atoms with Gasteiger partial charge in [-0.15, -0.1) is 11.3 Å². The van der Waals surface area contributed by atoms with E-state index >= 15 is 0 Å². The Hall–Kier alpha value is -0.700. The smallest absolute Gasteiger partial charge is 0.177 e. The van der Waals surface area contributed by atoms with Crippen molar-refractivity contribution in [3.63, 3.8) is 0 Å². The summed E-state index contributed by atoms with van der Waals surface area (Å²) in [6, 6.07) is 1.57. The first-order valence-corrected chi connectivity index (χ1v) is 3.02. The number of rotatable bonds is 1. The van der Waals surface area contributed by atoms with Crippen LogP contribution in [0.25, 0.3) is 0 Å². The number of aromatic hydroxyl groups is 1. The summed E-state index contributed by atoms with van der Waals surface area (Å²) in [4.78, 5) is 0. The Kier molecular flexibility index (Phi) is 1.39. The zero-order valence-electron chi connectivity index (χ0n) is 4.42. The molecule has 0 aliphatic carbocycles. The number of hydrogen-bond acceptors (Lipinski definition) is 3. The SMILES string of the molecule is COc1cc(O)cs1. The molecule has 1 heterocycles. The van der Waals surface area contributed by atoms with Gasteiger partial charge < -0.3 is 9.84 Å². The van der Waals surface area contributed by atoms with Crippen molar-refractivity contribution < 1.29 is 9.84 Å². The monoisotopic (exact) mass is 130 g/mol. The van der Waals surface area contributed by atoms with Crippen LogP contribution in [0, 0.1) is 0 Å². The summed E-state index contributed by atoms with van der Waals surface area (Å²) in [5.74, 6) is 0.270. The van der Waals surface area contributed by atoms with Crippen LogP contribution in [0.3, 0.4) is 0 Å². The lowest BCUT2D eigenvalue weighted by Gasteiger charge is -1.86. The van der Waals surface area contributed by atoms with Gasteiger partial charge in [0.1, 0.15) is 5.75 Å². The van der Waals surface area contributed by atoms with Crippen LogP contribution in [0.1, 0.15) is 0 Å². The van der Waals surface area contributed by atoms with Crippen LogP contribution < -0.4 is 4.74 Å². The van der Waals surface area contributed by atoms with Crippen LogP contribution in [-0.4, -0.2) is 12.2 Å². The van der Waals surface area contributed by atoms with Crippen molar-refractivity contribution in [2.24, 2.45) is 0 Å². The molecule has 0 bridgehead atoms. The summed E-state index contributed by atoms with van der Waals surface area (Å²) in [6.45, 7) is 0. The Morgan fingerprint density at radius 1 is 1.75 bits per heavy atom. The Morgan fingerprint density at radius 3 is 2.75 bits per heavy atom. The quantitative estimate of drug-likeness (QED) is 0.623. The van der Waals surface area contributed by atoms with E-state index in [0.717, 1.165) is 5.06 Å². The molecule has 0 atom stereocenters. The molecule has 0 saturated carbocycles. The maximum absolute atomic E-state index is 8.71. The van der Waals surface area contributed by atoms with E-state index in [1.54, 1.807) is 18.6 Å². The van der Waals surface area contributed by atoms with Gasteiger partial charge in [0, 0.05) is 11.4 Å². The second-order valence-corrected chi connectivity index (χ2v) is 2.20. The fourth-order valence-electron chi connectivity index (χ4n) is 0.414. The maximum Gasteiger partial charge on any atom is 0.177 e. The Balaban J connectivity index is 2.84. The van der Waals surface area contributed by atoms with E-state index in [9.17, 15) is 0 Å². The molecule has 0 amide bonds. The summed E-state index contributed by atoms with van der Waals surface area (Å²) in [6.07, 6.45) is 0. The predicted octanol–water partition coefficient (Wildman–Crippen LogP) is 1.46. The molecule has 0 aromatic carbocycles. The van der Waals surface area contributed by atoms with Crippen LogP contribution in [0.2, 0.25) is 0 Å². The van der Waals surface area contributed by atoms with Gasteiger partial charge in [-0.25, -0.2) is 0 Å². The second-order valence-electron chi connectivity index (χ2n) is 1.33. The molecule has 1 rings (SSSR count). The molecule has 44 valence electrons. The van der Waals surface area contributed by atoms with E-state index in [4.69, 9.17) is 9.84 Å². The van der Waals surface area contributed by atoms with Gasteiger partial charge in [0.25, 0.3) is 0 Å². The van der Waals surface area contributed by atoms with E-state index in [0.29, 0.717) is 0 Å². The van der Waals surface area contributed by atoms with Crippen molar-refractivity contribution in [3.8, 4) is 10.8 Å². The first-order chi connectivity index (χ1) is 3.83. The summed E-state index contributed by atoms with van der Waals surface area (Å²) < 4.78 is 4.79. The summed E-state index contributed by atoms with van der Waals surface area (Å²) in [5, 5.41) is 11.1. The Morgan fingerprint density at radius 2 is 2.50 bits per heavy atom. The molecule has 0 aliphatic rings. The lowest BCUT2D eigenvalue weighted by atomic mass is 10.6. The lowest BCUT2D eigenvalue weighted by molar-refractivity contribution is 0.422. The van der Waals surface area contributed by atoms with Gasteiger partial charge in [-0.3, -0.25) is 0 Å². The predicted molar refractivity (Wildman–Crippen MR) is 32.5 cm³/mol. The van der Waals surface area contributed by atoms with E-state index in [2.05, 4.69) is 0 Å². The average molecular weight is 130 g/mol. The standard InChI is InChI=1S/C5H6O2S/c1-7-5-2-4(6)3-8-5/h2-3,6H,1H3. The minimum absolute atomic E-state index is 0.270. The molecule has 0 aliphatic heterocycles. The van der Waals surface area contributed by atoms with E-state index in [1.165, 1.54) is 11.3 Å². The van der Waals surface area contributed by atoms with Crippen molar-refractivity contribution in [1.82, 2.24) is 0 Å². The van der Waals surface area contributed by atoms with E-state index in [-0.39, 0.29) is 5.75 Å². The maximum atomic E-state index is 8.71. The van der Waals surface area contributed by atoms with Crippen LogP contribution in [0.4, 0.5) is 0 Å². The van der Waals surface area contributed by atoms with E-state index in [1.807, 2.05) is 0 Å². The summed E-state index contributed by atoms with van der Waals surface area (Å²) in [5.41, 5.74) is 0. The largest absolute Gasteiger partial charge is 0.507 e. The highest BCUT2D eigenvalue weighted by Crippen LogP contribution is 2.26. The number of ether oxygens (including phenoxy) is 1. The number of thiophene rings is 1. The zero-order valence-corrected chi connectivity index (χ0v) is 5.23. The molecular formula is C5H6O2S. The molecule has 1 aromatic heterocycles. The zero-order chi connectivity index (χ0) is 5.98. The van der Waals surface area contributed by atoms with Crippen molar-refractivity contribution in [3.05, 3.63) is 11.4 Å². The molecule has 2 nitrogen and oxygen atoms in total. The van der Waals surface area contributed by atoms with E-state index < -0.39 is 0 Å².